The lowest BCUT2D eigenvalue weighted by Gasteiger charge is -2.17. The van der Waals surface area contributed by atoms with Crippen molar-refractivity contribution >= 4 is 33.4 Å². The molecule has 0 unspecified atom stereocenters. The van der Waals surface area contributed by atoms with E-state index in [1.54, 1.807) is 0 Å². The van der Waals surface area contributed by atoms with E-state index in [1.165, 1.54) is 21.9 Å². The van der Waals surface area contributed by atoms with Crippen LogP contribution in [0.4, 0.5) is 0 Å². The third-order valence-corrected chi connectivity index (χ3v) is 5.99. The topological polar surface area (TPSA) is 33.1 Å². The van der Waals surface area contributed by atoms with Crippen molar-refractivity contribution in [2.75, 3.05) is 26.2 Å². The molecule has 4 nitrogen and oxygen atoms in total. The Kier molecular flexibility index (Phi) is 6.68. The van der Waals surface area contributed by atoms with Gasteiger partial charge in [0.2, 0.25) is 0 Å². The molecule has 0 bridgehead atoms. The van der Waals surface area contributed by atoms with Gasteiger partial charge in [-0.25, -0.2) is 0 Å². The molecule has 2 heterocycles. The second-order valence-corrected chi connectivity index (χ2v) is 8.07. The average molecular weight is 421 g/mol. The van der Waals surface area contributed by atoms with Crippen molar-refractivity contribution in [3.05, 3.63) is 77.1 Å². The molecule has 156 valence electrons. The fourth-order valence-corrected chi connectivity index (χ4v) is 4.28. The monoisotopic (exact) mass is 420 g/mol. The normalized spacial score (nSPS) is 11.7. The number of pyridine rings is 1. The molecule has 1 N–H and O–H groups in total. The molecule has 0 aliphatic carbocycles. The third kappa shape index (κ3) is 4.51. The van der Waals surface area contributed by atoms with E-state index in [4.69, 9.17) is 16.6 Å². The number of rotatable bonds is 9. The molecule has 2 aromatic carbocycles. The average Bonchev–Trinajstić information content (AvgIpc) is 3.07. The highest BCUT2D eigenvalue weighted by Crippen LogP contribution is 2.30. The first kappa shape index (κ1) is 20.9. The van der Waals surface area contributed by atoms with E-state index in [-0.39, 0.29) is 0 Å². The maximum absolute atomic E-state index is 6.21. The molecular formula is C25H29ClN4. The van der Waals surface area contributed by atoms with Crippen molar-refractivity contribution in [2.45, 2.75) is 26.9 Å². The highest BCUT2D eigenvalue weighted by Gasteiger charge is 2.12. The van der Waals surface area contributed by atoms with Crippen LogP contribution >= 0.6 is 11.6 Å². The summed E-state index contributed by atoms with van der Waals surface area (Å²) in [5.41, 5.74) is 4.64. The Labute approximate surface area is 183 Å². The predicted octanol–water partition coefficient (Wildman–Crippen LogP) is 5.32. The molecule has 30 heavy (non-hydrogen) atoms. The Morgan fingerprint density at radius 3 is 2.60 bits per heavy atom. The van der Waals surface area contributed by atoms with Gasteiger partial charge < -0.3 is 14.8 Å². The van der Waals surface area contributed by atoms with E-state index in [0.717, 1.165) is 55.5 Å². The van der Waals surface area contributed by atoms with Gasteiger partial charge in [-0.05, 0) is 42.9 Å². The molecule has 0 saturated carbocycles. The Morgan fingerprint density at radius 1 is 0.967 bits per heavy atom. The molecule has 4 rings (SSSR count). The van der Waals surface area contributed by atoms with Crippen LogP contribution in [0.5, 0.6) is 0 Å². The van der Waals surface area contributed by atoms with Gasteiger partial charge in [-0.3, -0.25) is 4.98 Å². The van der Waals surface area contributed by atoms with Gasteiger partial charge in [-0.15, -0.1) is 0 Å². The fraction of sp³-hybridized carbons (Fsp3) is 0.320. The van der Waals surface area contributed by atoms with Crippen LogP contribution in [0.15, 0.2) is 60.8 Å². The molecule has 0 atom stereocenters. The van der Waals surface area contributed by atoms with Crippen molar-refractivity contribution in [1.29, 1.82) is 0 Å². The van der Waals surface area contributed by atoms with E-state index in [2.05, 4.69) is 65.0 Å². The van der Waals surface area contributed by atoms with Gasteiger partial charge in [0.25, 0.3) is 0 Å². The van der Waals surface area contributed by atoms with Crippen molar-refractivity contribution in [2.24, 2.45) is 0 Å². The van der Waals surface area contributed by atoms with Crippen LogP contribution in [0.25, 0.3) is 21.8 Å². The second kappa shape index (κ2) is 9.61. The number of halogens is 1. The SMILES string of the molecule is CCN(CC)CCNCc1cc2c3ccccc3n(Cc3cccc(Cl)c3)c2cn1. The zero-order valence-electron chi connectivity index (χ0n) is 17.7. The first-order valence-corrected chi connectivity index (χ1v) is 11.1. The number of benzene rings is 2. The highest BCUT2D eigenvalue weighted by atomic mass is 35.5. The van der Waals surface area contributed by atoms with E-state index in [9.17, 15) is 0 Å². The molecule has 0 aliphatic rings. The quantitative estimate of drug-likeness (QED) is 0.372. The Balaban J connectivity index is 1.60. The molecule has 0 fully saturated rings. The molecule has 4 aromatic rings. The number of likely N-dealkylation sites (N-methyl/N-ethyl adjacent to an activating group) is 1. The van der Waals surface area contributed by atoms with Crippen LogP contribution in [0.1, 0.15) is 25.1 Å². The lowest BCUT2D eigenvalue weighted by molar-refractivity contribution is 0.302. The van der Waals surface area contributed by atoms with E-state index in [1.807, 2.05) is 24.4 Å². The van der Waals surface area contributed by atoms with Gasteiger partial charge in [0, 0.05) is 47.5 Å². The molecule has 0 aliphatic heterocycles. The van der Waals surface area contributed by atoms with Gasteiger partial charge in [0.15, 0.2) is 0 Å². The second-order valence-electron chi connectivity index (χ2n) is 7.63. The summed E-state index contributed by atoms with van der Waals surface area (Å²) in [4.78, 5) is 7.18. The summed E-state index contributed by atoms with van der Waals surface area (Å²) >= 11 is 6.21. The lowest BCUT2D eigenvalue weighted by Crippen LogP contribution is -2.31. The summed E-state index contributed by atoms with van der Waals surface area (Å²) in [5.74, 6) is 0. The lowest BCUT2D eigenvalue weighted by atomic mass is 10.1. The van der Waals surface area contributed by atoms with Gasteiger partial charge in [0.05, 0.1) is 17.4 Å². The largest absolute Gasteiger partial charge is 0.335 e. The van der Waals surface area contributed by atoms with E-state index >= 15 is 0 Å². The fourth-order valence-electron chi connectivity index (χ4n) is 4.07. The number of hydrogen-bond acceptors (Lipinski definition) is 3. The van der Waals surface area contributed by atoms with Crippen molar-refractivity contribution in [3.63, 3.8) is 0 Å². The van der Waals surface area contributed by atoms with Crippen molar-refractivity contribution < 1.29 is 0 Å². The minimum atomic E-state index is 0.768. The summed E-state index contributed by atoms with van der Waals surface area (Å²) in [7, 11) is 0. The minimum Gasteiger partial charge on any atom is -0.335 e. The maximum atomic E-state index is 6.21. The molecule has 2 aromatic heterocycles. The number of fused-ring (bicyclic) bond motifs is 3. The molecule has 0 amide bonds. The highest BCUT2D eigenvalue weighted by molar-refractivity contribution is 6.30. The van der Waals surface area contributed by atoms with Gasteiger partial charge >= 0.3 is 0 Å². The summed E-state index contributed by atoms with van der Waals surface area (Å²) in [6, 6.07) is 18.9. The molecule has 0 radical (unpaired) electrons. The summed E-state index contributed by atoms with van der Waals surface area (Å²) < 4.78 is 2.33. The van der Waals surface area contributed by atoms with Gasteiger partial charge in [-0.2, -0.15) is 0 Å². The molecular weight excluding hydrogens is 392 g/mol. The molecule has 0 spiro atoms. The smallest absolute Gasteiger partial charge is 0.0681 e. The number of nitrogens with zero attached hydrogens (tertiary/aromatic N) is 3. The summed E-state index contributed by atoms with van der Waals surface area (Å²) in [6.45, 7) is 10.2. The maximum Gasteiger partial charge on any atom is 0.0681 e. The number of nitrogens with one attached hydrogen (secondary N) is 1. The Hall–Kier alpha value is -2.40. The van der Waals surface area contributed by atoms with E-state index in [0.29, 0.717) is 0 Å². The van der Waals surface area contributed by atoms with Crippen LogP contribution in [0, 0.1) is 0 Å². The third-order valence-electron chi connectivity index (χ3n) is 5.75. The standard InChI is InChI=1S/C25H29ClN4/c1-3-29(4-2)13-12-27-16-21-15-23-22-10-5-6-11-24(22)30(25(23)17-28-21)18-19-8-7-9-20(26)14-19/h5-11,14-15,17,27H,3-4,12-13,16,18H2,1-2H3. The van der Waals surface area contributed by atoms with Crippen LogP contribution in [-0.4, -0.2) is 40.6 Å². The van der Waals surface area contributed by atoms with Crippen LogP contribution < -0.4 is 5.32 Å². The zero-order valence-corrected chi connectivity index (χ0v) is 18.5. The first-order valence-electron chi connectivity index (χ1n) is 10.7. The van der Waals surface area contributed by atoms with Crippen LogP contribution in [0.3, 0.4) is 0 Å². The number of aromatic nitrogens is 2. The van der Waals surface area contributed by atoms with Gasteiger partial charge in [0.1, 0.15) is 0 Å². The van der Waals surface area contributed by atoms with Crippen molar-refractivity contribution in [1.82, 2.24) is 19.8 Å². The molecule has 5 heteroatoms. The van der Waals surface area contributed by atoms with E-state index < -0.39 is 0 Å². The number of hydrogen-bond donors (Lipinski definition) is 1. The Morgan fingerprint density at radius 2 is 1.80 bits per heavy atom. The molecule has 0 saturated heterocycles. The summed E-state index contributed by atoms with van der Waals surface area (Å²) in [5, 5.41) is 6.83. The predicted molar refractivity (Wildman–Crippen MR) is 127 cm³/mol. The van der Waals surface area contributed by atoms with Gasteiger partial charge in [-0.1, -0.05) is 55.8 Å². The summed E-state index contributed by atoms with van der Waals surface area (Å²) in [6.07, 6.45) is 2.02. The minimum absolute atomic E-state index is 0.768. The number of para-hydroxylation sites is 1. The Bertz CT molecular complexity index is 1130. The van der Waals surface area contributed by atoms with Crippen LogP contribution in [-0.2, 0) is 13.1 Å². The zero-order chi connectivity index (χ0) is 20.9. The van der Waals surface area contributed by atoms with Crippen molar-refractivity contribution in [3.8, 4) is 0 Å². The van der Waals surface area contributed by atoms with Crippen LogP contribution in [0.2, 0.25) is 5.02 Å². The first-order chi connectivity index (χ1) is 14.7.